The zero-order chi connectivity index (χ0) is 14.5. The number of rotatable bonds is 5. The topological polar surface area (TPSA) is 42.3 Å². The molecule has 1 saturated heterocycles. The van der Waals surface area contributed by atoms with Crippen LogP contribution in [0.15, 0.2) is 12.4 Å². The number of hydrogen-bond acceptors (Lipinski definition) is 4. The summed E-state index contributed by atoms with van der Waals surface area (Å²) in [6.07, 6.45) is 10.7. The molecule has 5 nitrogen and oxygen atoms in total. The van der Waals surface area contributed by atoms with Gasteiger partial charge >= 0.3 is 0 Å². The molecule has 118 valence electrons. The van der Waals surface area contributed by atoms with E-state index < -0.39 is 0 Å². The van der Waals surface area contributed by atoms with Crippen molar-refractivity contribution in [2.45, 2.75) is 51.1 Å². The number of nitrogens with zero attached hydrogens (tertiary/aromatic N) is 3. The van der Waals surface area contributed by atoms with Gasteiger partial charge in [-0.2, -0.15) is 0 Å². The maximum atomic E-state index is 5.42. The number of imidazole rings is 1. The molecule has 0 aromatic carbocycles. The minimum absolute atomic E-state index is 0.441. The lowest BCUT2D eigenvalue weighted by molar-refractivity contribution is 0.0326. The summed E-state index contributed by atoms with van der Waals surface area (Å²) in [6.45, 7) is 7.17. The van der Waals surface area contributed by atoms with E-state index >= 15 is 0 Å². The van der Waals surface area contributed by atoms with Crippen LogP contribution in [0.2, 0.25) is 0 Å². The third kappa shape index (κ3) is 3.98. The molecule has 0 spiro atoms. The third-order valence-corrected chi connectivity index (χ3v) is 4.71. The van der Waals surface area contributed by atoms with Crippen LogP contribution in [0, 0.1) is 0 Å². The number of nitrogens with one attached hydrogen (secondary N) is 1. The minimum Gasteiger partial charge on any atom is -0.379 e. The molecule has 1 N–H and O–H groups in total. The number of hydrogen-bond donors (Lipinski definition) is 1. The fourth-order valence-electron chi connectivity index (χ4n) is 3.46. The number of anilines is 1. The highest BCUT2D eigenvalue weighted by Gasteiger charge is 2.19. The fraction of sp³-hybridized carbons (Fsp3) is 0.812. The van der Waals surface area contributed by atoms with Gasteiger partial charge in [0.25, 0.3) is 0 Å². The van der Waals surface area contributed by atoms with Gasteiger partial charge in [-0.3, -0.25) is 4.90 Å². The molecule has 1 saturated carbocycles. The van der Waals surface area contributed by atoms with Crippen LogP contribution in [0.1, 0.15) is 45.1 Å². The lowest BCUT2D eigenvalue weighted by atomic mass is 9.96. The first kappa shape index (κ1) is 14.9. The Morgan fingerprint density at radius 3 is 2.81 bits per heavy atom. The summed E-state index contributed by atoms with van der Waals surface area (Å²) in [5, 5.41) is 3.66. The molecule has 0 amide bonds. The largest absolute Gasteiger partial charge is 0.379 e. The second-order valence-corrected chi connectivity index (χ2v) is 6.40. The van der Waals surface area contributed by atoms with E-state index in [1.165, 1.54) is 32.1 Å². The van der Waals surface area contributed by atoms with Crippen molar-refractivity contribution in [2.24, 2.45) is 0 Å². The first-order valence-electron chi connectivity index (χ1n) is 8.42. The van der Waals surface area contributed by atoms with Gasteiger partial charge in [-0.25, -0.2) is 4.98 Å². The van der Waals surface area contributed by atoms with Crippen molar-refractivity contribution in [1.29, 1.82) is 0 Å². The molecule has 1 aromatic heterocycles. The molecule has 5 heteroatoms. The van der Waals surface area contributed by atoms with Crippen LogP contribution >= 0.6 is 0 Å². The Hall–Kier alpha value is -1.07. The maximum Gasteiger partial charge on any atom is 0.203 e. The molecule has 21 heavy (non-hydrogen) atoms. The minimum atomic E-state index is 0.441. The highest BCUT2D eigenvalue weighted by Crippen LogP contribution is 2.22. The highest BCUT2D eigenvalue weighted by atomic mass is 16.5. The number of aromatic nitrogens is 2. The standard InChI is InChI=1S/C16H28N4O/c1-14(13-19-9-11-21-12-10-19)20-8-7-17-16(20)18-15-5-3-2-4-6-15/h7-8,14-15H,2-6,9-13H2,1H3,(H,17,18). The summed E-state index contributed by atoms with van der Waals surface area (Å²) in [6, 6.07) is 1.05. The van der Waals surface area contributed by atoms with Crippen molar-refractivity contribution in [3.63, 3.8) is 0 Å². The van der Waals surface area contributed by atoms with Gasteiger partial charge in [0, 0.05) is 44.1 Å². The van der Waals surface area contributed by atoms with E-state index in [1.54, 1.807) is 0 Å². The molecular weight excluding hydrogens is 264 g/mol. The summed E-state index contributed by atoms with van der Waals surface area (Å²) in [7, 11) is 0. The van der Waals surface area contributed by atoms with Gasteiger partial charge in [0.1, 0.15) is 0 Å². The van der Waals surface area contributed by atoms with Gasteiger partial charge in [-0.05, 0) is 19.8 Å². The zero-order valence-electron chi connectivity index (χ0n) is 13.1. The predicted octanol–water partition coefficient (Wildman–Crippen LogP) is 2.52. The van der Waals surface area contributed by atoms with Gasteiger partial charge in [-0.15, -0.1) is 0 Å². The van der Waals surface area contributed by atoms with E-state index in [9.17, 15) is 0 Å². The normalized spacial score (nSPS) is 23.1. The maximum absolute atomic E-state index is 5.42. The molecular formula is C16H28N4O. The third-order valence-electron chi connectivity index (χ3n) is 4.71. The molecule has 1 aliphatic heterocycles. The quantitative estimate of drug-likeness (QED) is 0.905. The first-order valence-corrected chi connectivity index (χ1v) is 8.42. The molecule has 1 aromatic rings. The van der Waals surface area contributed by atoms with E-state index in [0.29, 0.717) is 12.1 Å². The monoisotopic (exact) mass is 292 g/mol. The zero-order valence-corrected chi connectivity index (χ0v) is 13.1. The second-order valence-electron chi connectivity index (χ2n) is 6.40. The van der Waals surface area contributed by atoms with Crippen molar-refractivity contribution in [1.82, 2.24) is 14.5 Å². The molecule has 3 rings (SSSR count). The van der Waals surface area contributed by atoms with Gasteiger partial charge in [0.2, 0.25) is 5.95 Å². The Balaban J connectivity index is 1.57. The Bertz CT molecular complexity index is 422. The molecule has 2 heterocycles. The van der Waals surface area contributed by atoms with Crippen LogP contribution in [0.3, 0.4) is 0 Å². The molecule has 0 radical (unpaired) electrons. The lowest BCUT2D eigenvalue weighted by Crippen LogP contribution is -2.39. The van der Waals surface area contributed by atoms with Crippen LogP contribution in [0.5, 0.6) is 0 Å². The molecule has 1 atom stereocenters. The van der Waals surface area contributed by atoms with Crippen LogP contribution in [-0.4, -0.2) is 53.3 Å². The van der Waals surface area contributed by atoms with Crippen LogP contribution in [0.4, 0.5) is 5.95 Å². The van der Waals surface area contributed by atoms with Crippen molar-refractivity contribution in [3.8, 4) is 0 Å². The Morgan fingerprint density at radius 1 is 1.29 bits per heavy atom. The fourth-order valence-corrected chi connectivity index (χ4v) is 3.46. The Labute approximate surface area is 127 Å². The summed E-state index contributed by atoms with van der Waals surface area (Å²) in [4.78, 5) is 7.02. The number of morpholine rings is 1. The van der Waals surface area contributed by atoms with Crippen molar-refractivity contribution < 1.29 is 4.74 Å². The lowest BCUT2D eigenvalue weighted by Gasteiger charge is -2.30. The van der Waals surface area contributed by atoms with Gasteiger partial charge in [0.05, 0.1) is 13.2 Å². The van der Waals surface area contributed by atoms with Crippen molar-refractivity contribution in [3.05, 3.63) is 12.4 Å². The van der Waals surface area contributed by atoms with Gasteiger partial charge in [0.15, 0.2) is 0 Å². The van der Waals surface area contributed by atoms with Crippen LogP contribution < -0.4 is 5.32 Å². The molecule has 1 aliphatic carbocycles. The van der Waals surface area contributed by atoms with Gasteiger partial charge in [-0.1, -0.05) is 19.3 Å². The molecule has 1 unspecified atom stereocenters. The predicted molar refractivity (Wildman–Crippen MR) is 84.7 cm³/mol. The average molecular weight is 292 g/mol. The van der Waals surface area contributed by atoms with Crippen LogP contribution in [-0.2, 0) is 4.74 Å². The Kier molecular flexibility index (Phi) is 5.14. The van der Waals surface area contributed by atoms with E-state index in [1.807, 2.05) is 6.20 Å². The van der Waals surface area contributed by atoms with E-state index in [4.69, 9.17) is 4.74 Å². The van der Waals surface area contributed by atoms with E-state index in [0.717, 1.165) is 38.8 Å². The summed E-state index contributed by atoms with van der Waals surface area (Å²) in [5.41, 5.74) is 0. The summed E-state index contributed by atoms with van der Waals surface area (Å²) >= 11 is 0. The van der Waals surface area contributed by atoms with E-state index in [2.05, 4.69) is 32.9 Å². The van der Waals surface area contributed by atoms with Crippen molar-refractivity contribution in [2.75, 3.05) is 38.2 Å². The average Bonchev–Trinajstić information content (AvgIpc) is 2.97. The summed E-state index contributed by atoms with van der Waals surface area (Å²) < 4.78 is 7.72. The van der Waals surface area contributed by atoms with Crippen molar-refractivity contribution >= 4 is 5.95 Å². The molecule has 2 aliphatic rings. The van der Waals surface area contributed by atoms with E-state index in [-0.39, 0.29) is 0 Å². The Morgan fingerprint density at radius 2 is 2.05 bits per heavy atom. The smallest absolute Gasteiger partial charge is 0.203 e. The molecule has 0 bridgehead atoms. The highest BCUT2D eigenvalue weighted by molar-refractivity contribution is 5.28. The molecule has 2 fully saturated rings. The number of ether oxygens (including phenoxy) is 1. The summed E-state index contributed by atoms with van der Waals surface area (Å²) in [5.74, 6) is 1.04. The second kappa shape index (κ2) is 7.27. The van der Waals surface area contributed by atoms with Gasteiger partial charge < -0.3 is 14.6 Å². The SMILES string of the molecule is CC(CN1CCOCC1)n1ccnc1NC1CCCCC1. The first-order chi connectivity index (χ1) is 10.3. The van der Waals surface area contributed by atoms with Crippen LogP contribution in [0.25, 0.3) is 0 Å².